The maximum Gasteiger partial charge on any atom is 0.342 e. The fourth-order valence-corrected chi connectivity index (χ4v) is 6.91. The molecule has 7 nitrogen and oxygen atoms in total. The van der Waals surface area contributed by atoms with Crippen molar-refractivity contribution in [2.24, 2.45) is 17.3 Å². The van der Waals surface area contributed by atoms with Crippen LogP contribution in [0.2, 0.25) is 0 Å². The molecule has 0 bridgehead atoms. The topological polar surface area (TPSA) is 85.3 Å². The molecule has 1 spiro atoms. The van der Waals surface area contributed by atoms with Crippen molar-refractivity contribution < 1.29 is 29.0 Å². The Hall–Kier alpha value is -3.16. The van der Waals surface area contributed by atoms with Gasteiger partial charge in [-0.3, -0.25) is 9.63 Å². The first kappa shape index (κ1) is 23.3. The van der Waals surface area contributed by atoms with Gasteiger partial charge in [-0.1, -0.05) is 37.3 Å². The van der Waals surface area contributed by atoms with E-state index in [9.17, 15) is 14.7 Å². The minimum Gasteiger partial charge on any atom is -0.497 e. The number of hydrogen-bond donors (Lipinski definition) is 1. The number of nitrogens with zero attached hydrogens (tertiary/aromatic N) is 1. The summed E-state index contributed by atoms with van der Waals surface area (Å²) in [5, 5.41) is 13.5. The molecule has 1 N–H and O–H groups in total. The molecule has 2 aliphatic carbocycles. The van der Waals surface area contributed by atoms with E-state index in [2.05, 4.69) is 0 Å². The number of allylic oxidation sites excluding steroid dienone is 1. The number of carbonyl (C=O) groups is 2. The van der Waals surface area contributed by atoms with Crippen LogP contribution in [0.1, 0.15) is 44.7 Å². The van der Waals surface area contributed by atoms with Crippen molar-refractivity contribution in [1.29, 1.82) is 0 Å². The van der Waals surface area contributed by atoms with Crippen molar-refractivity contribution in [3.63, 3.8) is 0 Å². The number of carbonyl (C=O) groups excluding carboxylic acids is 2. The number of fused-ring (bicyclic) bond motifs is 4. The lowest BCUT2D eigenvalue weighted by atomic mass is 9.63. The molecule has 36 heavy (non-hydrogen) atoms. The summed E-state index contributed by atoms with van der Waals surface area (Å²) in [4.78, 5) is 33.6. The molecule has 2 aromatic rings. The van der Waals surface area contributed by atoms with E-state index in [1.54, 1.807) is 20.1 Å². The number of ketones is 1. The van der Waals surface area contributed by atoms with Crippen molar-refractivity contribution in [2.45, 2.75) is 56.5 Å². The number of ether oxygens (including phenoxy) is 2. The average molecular weight is 490 g/mol. The fraction of sp³-hybridized carbons (Fsp3) is 0.448. The summed E-state index contributed by atoms with van der Waals surface area (Å²) in [6.07, 6.45) is 3.89. The van der Waals surface area contributed by atoms with Gasteiger partial charge in [-0.2, -0.15) is 0 Å². The highest BCUT2D eigenvalue weighted by Crippen LogP contribution is 2.61. The number of anilines is 1. The zero-order chi connectivity index (χ0) is 25.3. The van der Waals surface area contributed by atoms with Crippen LogP contribution < -0.4 is 9.80 Å². The molecule has 0 amide bonds. The summed E-state index contributed by atoms with van der Waals surface area (Å²) in [6.45, 7) is 3.70. The summed E-state index contributed by atoms with van der Waals surface area (Å²) >= 11 is 0. The number of para-hydroxylation sites is 1. The zero-order valence-electron chi connectivity index (χ0n) is 20.7. The third kappa shape index (κ3) is 2.93. The van der Waals surface area contributed by atoms with Crippen LogP contribution in [0.4, 0.5) is 5.69 Å². The maximum atomic E-state index is 13.7. The number of rotatable bonds is 3. The minimum atomic E-state index is -1.37. The van der Waals surface area contributed by atoms with Gasteiger partial charge in [0.25, 0.3) is 0 Å². The van der Waals surface area contributed by atoms with Crippen LogP contribution >= 0.6 is 0 Å². The van der Waals surface area contributed by atoms with Crippen LogP contribution in [0, 0.1) is 17.3 Å². The average Bonchev–Trinajstić information content (AvgIpc) is 3.49. The lowest BCUT2D eigenvalue weighted by Crippen LogP contribution is -2.57. The van der Waals surface area contributed by atoms with Gasteiger partial charge in [-0.25, -0.2) is 9.86 Å². The molecule has 4 aliphatic rings. The predicted molar refractivity (Wildman–Crippen MR) is 132 cm³/mol. The van der Waals surface area contributed by atoms with Gasteiger partial charge in [0.2, 0.25) is 5.60 Å². The summed E-state index contributed by atoms with van der Waals surface area (Å²) < 4.78 is 11.4. The first-order valence-electron chi connectivity index (χ1n) is 12.6. The second-order valence-corrected chi connectivity index (χ2v) is 10.8. The van der Waals surface area contributed by atoms with Gasteiger partial charge >= 0.3 is 5.97 Å². The maximum absolute atomic E-state index is 13.7. The Bertz CT molecular complexity index is 1230. The number of aliphatic hydroxyl groups is 1. The molecule has 2 aromatic carbocycles. The number of esters is 1. The molecular weight excluding hydrogens is 458 g/mol. The number of hydroxylamine groups is 1. The van der Waals surface area contributed by atoms with Crippen LogP contribution in [-0.2, 0) is 19.2 Å². The van der Waals surface area contributed by atoms with Crippen molar-refractivity contribution in [3.8, 4) is 5.75 Å². The van der Waals surface area contributed by atoms with Crippen LogP contribution in [0.25, 0.3) is 0 Å². The lowest BCUT2D eigenvalue weighted by molar-refractivity contribution is -0.169. The Morgan fingerprint density at radius 1 is 1.06 bits per heavy atom. The largest absolute Gasteiger partial charge is 0.497 e. The molecule has 7 heteroatoms. The highest BCUT2D eigenvalue weighted by molar-refractivity contribution is 6.00. The fourth-order valence-electron chi connectivity index (χ4n) is 6.91. The SMILES string of the molecule is COc1ccc([C@@H]2CC3(ON2c2ccccc2)C(=O)O[C@@H]2[C@H]3CC[C@H](C)[C@]3(O)C=CC(=O)[C@@]23C)cc1. The predicted octanol–water partition coefficient (Wildman–Crippen LogP) is 4.16. The molecular formula is C29H31NO6. The van der Waals surface area contributed by atoms with Gasteiger partial charge in [0.1, 0.15) is 17.5 Å². The Labute approximate surface area is 210 Å². The number of hydrogen-bond acceptors (Lipinski definition) is 7. The van der Waals surface area contributed by atoms with E-state index in [0.717, 1.165) is 17.0 Å². The van der Waals surface area contributed by atoms with Gasteiger partial charge < -0.3 is 14.6 Å². The minimum absolute atomic E-state index is 0.171. The molecule has 2 saturated heterocycles. The van der Waals surface area contributed by atoms with E-state index in [-0.39, 0.29) is 23.7 Å². The van der Waals surface area contributed by atoms with Crippen LogP contribution in [0.15, 0.2) is 66.7 Å². The Balaban J connectivity index is 1.45. The molecule has 3 fully saturated rings. The van der Waals surface area contributed by atoms with E-state index in [1.807, 2.05) is 66.6 Å². The monoisotopic (exact) mass is 489 g/mol. The molecule has 188 valence electrons. The zero-order valence-corrected chi connectivity index (χ0v) is 20.7. The molecule has 0 aromatic heterocycles. The summed E-state index contributed by atoms with van der Waals surface area (Å²) in [5.41, 5.74) is -2.08. The first-order chi connectivity index (χ1) is 17.2. The summed E-state index contributed by atoms with van der Waals surface area (Å²) in [7, 11) is 1.63. The number of benzene rings is 2. The van der Waals surface area contributed by atoms with E-state index < -0.39 is 28.7 Å². The van der Waals surface area contributed by atoms with E-state index >= 15 is 0 Å². The van der Waals surface area contributed by atoms with Crippen molar-refractivity contribution in [2.75, 3.05) is 12.2 Å². The van der Waals surface area contributed by atoms with Gasteiger partial charge in [0.15, 0.2) is 5.78 Å². The third-order valence-electron chi connectivity index (χ3n) is 9.16. The van der Waals surface area contributed by atoms with Gasteiger partial charge in [-0.15, -0.1) is 0 Å². The smallest absolute Gasteiger partial charge is 0.342 e. The van der Waals surface area contributed by atoms with Gasteiger partial charge in [-0.05, 0) is 67.7 Å². The molecule has 6 rings (SSSR count). The molecule has 1 saturated carbocycles. The standard InChI is InChI=1S/C29H31NO6/c1-18-9-14-22-25(27(2)24(31)15-16-29(18,27)33)35-26(32)28(22)17-23(19-10-12-21(34-3)13-11-19)30(36-28)20-7-5-4-6-8-20/h4-8,10-13,15-16,18,22-23,25,33H,9,14,17H2,1-3H3/t18-,22+,23-,25+,27-,28?,29+/m0/s1. The third-order valence-corrected chi connectivity index (χ3v) is 9.16. The quantitative estimate of drug-likeness (QED) is 0.648. The summed E-state index contributed by atoms with van der Waals surface area (Å²) in [5.74, 6) is -0.480. The second-order valence-electron chi connectivity index (χ2n) is 10.8. The normalized spacial score (nSPS) is 39.2. The van der Waals surface area contributed by atoms with E-state index in [4.69, 9.17) is 14.3 Å². The Kier molecular flexibility index (Phi) is 5.11. The highest BCUT2D eigenvalue weighted by Gasteiger charge is 2.74. The van der Waals surface area contributed by atoms with Gasteiger partial charge in [0.05, 0.1) is 24.3 Å². The van der Waals surface area contributed by atoms with Crippen LogP contribution in [0.5, 0.6) is 5.75 Å². The molecule has 2 heterocycles. The molecule has 1 unspecified atom stereocenters. The Morgan fingerprint density at radius 2 is 1.78 bits per heavy atom. The van der Waals surface area contributed by atoms with E-state index in [0.29, 0.717) is 19.3 Å². The van der Waals surface area contributed by atoms with E-state index in [1.165, 1.54) is 6.08 Å². The van der Waals surface area contributed by atoms with Crippen molar-refractivity contribution >= 4 is 17.4 Å². The highest BCUT2D eigenvalue weighted by atomic mass is 16.7. The van der Waals surface area contributed by atoms with Gasteiger partial charge in [0, 0.05) is 12.3 Å². The van der Waals surface area contributed by atoms with Crippen molar-refractivity contribution in [3.05, 3.63) is 72.3 Å². The number of methoxy groups -OCH3 is 1. The second kappa shape index (κ2) is 7.92. The summed E-state index contributed by atoms with van der Waals surface area (Å²) in [6, 6.07) is 17.2. The van der Waals surface area contributed by atoms with Crippen LogP contribution in [0.3, 0.4) is 0 Å². The lowest BCUT2D eigenvalue weighted by Gasteiger charge is -2.43. The molecule has 2 aliphatic heterocycles. The van der Waals surface area contributed by atoms with Crippen LogP contribution in [-0.4, -0.2) is 41.3 Å². The first-order valence-corrected chi connectivity index (χ1v) is 12.6. The molecule has 0 radical (unpaired) electrons. The van der Waals surface area contributed by atoms with Crippen molar-refractivity contribution in [1.82, 2.24) is 0 Å². The Morgan fingerprint density at radius 3 is 2.47 bits per heavy atom. The molecule has 7 atom stereocenters.